The Labute approximate surface area is 89.1 Å². The van der Waals surface area contributed by atoms with Crippen LogP contribution in [0.4, 0.5) is 0 Å². The molecule has 84 valence electrons. The normalized spacial score (nSPS) is 25.5. The summed E-state index contributed by atoms with van der Waals surface area (Å²) in [5.74, 6) is 1.77. The summed E-state index contributed by atoms with van der Waals surface area (Å²) in [6.45, 7) is 13.1. The molecule has 0 spiro atoms. The first kappa shape index (κ1) is 12.0. The van der Waals surface area contributed by atoms with Gasteiger partial charge in [-0.1, -0.05) is 27.2 Å². The molecular weight excluding hydrogens is 172 g/mol. The van der Waals surface area contributed by atoms with Gasteiger partial charge < -0.3 is 10.2 Å². The van der Waals surface area contributed by atoms with Crippen LogP contribution in [0.15, 0.2) is 0 Å². The Morgan fingerprint density at radius 1 is 1.43 bits per heavy atom. The number of hydrogen-bond donors (Lipinski definition) is 1. The third-order valence-electron chi connectivity index (χ3n) is 3.26. The minimum atomic E-state index is 0.797. The van der Waals surface area contributed by atoms with Gasteiger partial charge in [-0.2, -0.15) is 0 Å². The van der Waals surface area contributed by atoms with Crippen molar-refractivity contribution >= 4 is 0 Å². The van der Waals surface area contributed by atoms with E-state index in [9.17, 15) is 0 Å². The number of nitrogens with one attached hydrogen (secondary N) is 1. The molecule has 1 N–H and O–H groups in total. The van der Waals surface area contributed by atoms with Crippen molar-refractivity contribution in [3.8, 4) is 0 Å². The first-order chi connectivity index (χ1) is 6.76. The predicted octanol–water partition coefficient (Wildman–Crippen LogP) is 1.96. The molecule has 2 heteroatoms. The molecule has 0 radical (unpaired) electrons. The minimum absolute atomic E-state index is 0.797. The van der Waals surface area contributed by atoms with Crippen LogP contribution in [0.2, 0.25) is 0 Å². The fourth-order valence-corrected chi connectivity index (χ4v) is 2.31. The molecular formula is C12H26N2. The second kappa shape index (κ2) is 6.41. The average Bonchev–Trinajstić information content (AvgIpc) is 2.62. The van der Waals surface area contributed by atoms with Crippen LogP contribution < -0.4 is 5.32 Å². The van der Waals surface area contributed by atoms with E-state index in [1.54, 1.807) is 0 Å². The van der Waals surface area contributed by atoms with Crippen molar-refractivity contribution in [1.29, 1.82) is 0 Å². The molecule has 0 saturated carbocycles. The third kappa shape index (κ3) is 3.97. The summed E-state index contributed by atoms with van der Waals surface area (Å²) >= 11 is 0. The van der Waals surface area contributed by atoms with Gasteiger partial charge in [-0.3, -0.25) is 0 Å². The first-order valence-corrected chi connectivity index (χ1v) is 6.19. The monoisotopic (exact) mass is 198 g/mol. The van der Waals surface area contributed by atoms with Crippen molar-refractivity contribution in [2.45, 2.75) is 33.6 Å². The van der Waals surface area contributed by atoms with E-state index in [0.717, 1.165) is 18.4 Å². The molecule has 1 heterocycles. The van der Waals surface area contributed by atoms with Gasteiger partial charge in [0, 0.05) is 13.1 Å². The summed E-state index contributed by atoms with van der Waals surface area (Å²) in [5.41, 5.74) is 0. The molecule has 2 nitrogen and oxygen atoms in total. The molecule has 0 amide bonds. The molecule has 1 rings (SSSR count). The Bertz CT molecular complexity index is 147. The summed E-state index contributed by atoms with van der Waals surface area (Å²) in [7, 11) is 0. The van der Waals surface area contributed by atoms with Gasteiger partial charge in [-0.05, 0) is 37.9 Å². The van der Waals surface area contributed by atoms with Gasteiger partial charge in [0.1, 0.15) is 0 Å². The average molecular weight is 198 g/mol. The number of nitrogens with zero attached hydrogens (tertiary/aromatic N) is 1. The molecule has 0 aromatic rings. The largest absolute Gasteiger partial charge is 0.317 e. The molecule has 0 bridgehead atoms. The molecule has 0 aromatic heterocycles. The Hall–Kier alpha value is -0.0800. The van der Waals surface area contributed by atoms with E-state index in [4.69, 9.17) is 0 Å². The topological polar surface area (TPSA) is 15.3 Å². The van der Waals surface area contributed by atoms with E-state index >= 15 is 0 Å². The fraction of sp³-hybridized carbons (Fsp3) is 1.00. The van der Waals surface area contributed by atoms with Gasteiger partial charge in [0.05, 0.1) is 0 Å². The van der Waals surface area contributed by atoms with E-state index in [2.05, 4.69) is 31.0 Å². The van der Waals surface area contributed by atoms with Gasteiger partial charge >= 0.3 is 0 Å². The lowest BCUT2D eigenvalue weighted by Crippen LogP contribution is -2.32. The zero-order valence-corrected chi connectivity index (χ0v) is 10.1. The summed E-state index contributed by atoms with van der Waals surface area (Å²) in [6.07, 6.45) is 2.78. The minimum Gasteiger partial charge on any atom is -0.317 e. The van der Waals surface area contributed by atoms with E-state index in [1.807, 2.05) is 0 Å². The van der Waals surface area contributed by atoms with Crippen LogP contribution in [0, 0.1) is 11.8 Å². The molecule has 1 saturated heterocycles. The predicted molar refractivity (Wildman–Crippen MR) is 62.5 cm³/mol. The van der Waals surface area contributed by atoms with Crippen molar-refractivity contribution < 1.29 is 0 Å². The molecule has 2 atom stereocenters. The van der Waals surface area contributed by atoms with Crippen molar-refractivity contribution in [3.63, 3.8) is 0 Å². The fourth-order valence-electron chi connectivity index (χ4n) is 2.31. The van der Waals surface area contributed by atoms with Crippen LogP contribution in [0.1, 0.15) is 33.6 Å². The Morgan fingerprint density at radius 3 is 2.79 bits per heavy atom. The molecule has 1 aliphatic heterocycles. The van der Waals surface area contributed by atoms with E-state index in [1.165, 1.54) is 39.0 Å². The quantitative estimate of drug-likeness (QED) is 0.702. The highest BCUT2D eigenvalue weighted by molar-refractivity contribution is 4.76. The molecule has 0 aliphatic carbocycles. The highest BCUT2D eigenvalue weighted by Crippen LogP contribution is 2.19. The van der Waals surface area contributed by atoms with Crippen LogP contribution in [-0.2, 0) is 0 Å². The van der Waals surface area contributed by atoms with E-state index < -0.39 is 0 Å². The molecule has 1 aliphatic rings. The lowest BCUT2D eigenvalue weighted by Gasteiger charge is -2.20. The van der Waals surface area contributed by atoms with Crippen molar-refractivity contribution in [2.24, 2.45) is 11.8 Å². The lowest BCUT2D eigenvalue weighted by atomic mass is 10.1. The Balaban J connectivity index is 2.12. The molecule has 0 aromatic carbocycles. The van der Waals surface area contributed by atoms with Gasteiger partial charge in [-0.15, -0.1) is 0 Å². The third-order valence-corrected chi connectivity index (χ3v) is 3.26. The summed E-state index contributed by atoms with van der Waals surface area (Å²) < 4.78 is 0. The number of hydrogen-bond acceptors (Lipinski definition) is 2. The highest BCUT2D eigenvalue weighted by Gasteiger charge is 2.21. The van der Waals surface area contributed by atoms with Crippen LogP contribution >= 0.6 is 0 Å². The molecule has 2 unspecified atom stereocenters. The van der Waals surface area contributed by atoms with Gasteiger partial charge in [-0.25, -0.2) is 0 Å². The molecule has 14 heavy (non-hydrogen) atoms. The molecule has 1 fully saturated rings. The maximum Gasteiger partial charge on any atom is 0.00193 e. The standard InChI is InChI=1S/C12H26N2/c1-4-12-6-7-14(10-12)9-11(3)8-13-5-2/h11-13H,4-10H2,1-3H3. The number of rotatable bonds is 6. The lowest BCUT2D eigenvalue weighted by molar-refractivity contribution is 0.273. The van der Waals surface area contributed by atoms with Gasteiger partial charge in [0.25, 0.3) is 0 Å². The van der Waals surface area contributed by atoms with Crippen LogP contribution in [0.3, 0.4) is 0 Å². The summed E-state index contributed by atoms with van der Waals surface area (Å²) in [6, 6.07) is 0. The maximum atomic E-state index is 3.42. The number of likely N-dealkylation sites (tertiary alicyclic amines) is 1. The smallest absolute Gasteiger partial charge is 0.00193 e. The first-order valence-electron chi connectivity index (χ1n) is 6.19. The van der Waals surface area contributed by atoms with Crippen molar-refractivity contribution in [3.05, 3.63) is 0 Å². The zero-order chi connectivity index (χ0) is 10.4. The summed E-state index contributed by atoms with van der Waals surface area (Å²) in [4.78, 5) is 2.64. The second-order valence-corrected chi connectivity index (χ2v) is 4.74. The van der Waals surface area contributed by atoms with E-state index in [0.29, 0.717) is 0 Å². The van der Waals surface area contributed by atoms with Crippen molar-refractivity contribution in [1.82, 2.24) is 10.2 Å². The highest BCUT2D eigenvalue weighted by atomic mass is 15.1. The van der Waals surface area contributed by atoms with E-state index in [-0.39, 0.29) is 0 Å². The SMILES string of the molecule is CCNCC(C)CN1CCC(CC)C1. The van der Waals surface area contributed by atoms with Gasteiger partial charge in [0.2, 0.25) is 0 Å². The maximum absolute atomic E-state index is 3.42. The zero-order valence-electron chi connectivity index (χ0n) is 10.1. The van der Waals surface area contributed by atoms with Crippen LogP contribution in [0.5, 0.6) is 0 Å². The Morgan fingerprint density at radius 2 is 2.21 bits per heavy atom. The van der Waals surface area contributed by atoms with Crippen molar-refractivity contribution in [2.75, 3.05) is 32.7 Å². The Kier molecular flexibility index (Phi) is 5.49. The van der Waals surface area contributed by atoms with Gasteiger partial charge in [0.15, 0.2) is 0 Å². The van der Waals surface area contributed by atoms with Crippen LogP contribution in [-0.4, -0.2) is 37.6 Å². The second-order valence-electron chi connectivity index (χ2n) is 4.74. The van der Waals surface area contributed by atoms with Crippen LogP contribution in [0.25, 0.3) is 0 Å². The summed E-state index contributed by atoms with van der Waals surface area (Å²) in [5, 5.41) is 3.42.